The van der Waals surface area contributed by atoms with Crippen molar-refractivity contribution in [3.05, 3.63) is 120 Å². The summed E-state index contributed by atoms with van der Waals surface area (Å²) in [6, 6.07) is 32.6. The Balaban J connectivity index is 1.21. The summed E-state index contributed by atoms with van der Waals surface area (Å²) >= 11 is 0. The number of benzene rings is 5. The first-order valence-corrected chi connectivity index (χ1v) is 10.9. The first-order valence-electron chi connectivity index (χ1n) is 10.9. The maximum atomic E-state index is 12.5. The first kappa shape index (κ1) is 21.2. The van der Waals surface area contributed by atoms with Crippen LogP contribution in [0.1, 0.15) is 21.5 Å². The predicted octanol–water partition coefficient (Wildman–Crippen LogP) is 6.04. The summed E-state index contributed by atoms with van der Waals surface area (Å²) in [6.07, 6.45) is 1.55. The molecule has 0 aliphatic heterocycles. The van der Waals surface area contributed by atoms with Gasteiger partial charge in [-0.3, -0.25) is 4.79 Å². The molecule has 0 bridgehead atoms. The van der Waals surface area contributed by atoms with Gasteiger partial charge >= 0.3 is 0 Å². The van der Waals surface area contributed by atoms with Gasteiger partial charge in [0.1, 0.15) is 18.1 Å². The van der Waals surface area contributed by atoms with Crippen LogP contribution in [0, 0.1) is 0 Å². The number of hydrazone groups is 1. The number of rotatable bonds is 6. The van der Waals surface area contributed by atoms with E-state index in [0.717, 1.165) is 27.6 Å². The molecule has 166 valence electrons. The molecule has 0 atom stereocenters. The summed E-state index contributed by atoms with van der Waals surface area (Å²) in [6.45, 7) is 0.472. The van der Waals surface area contributed by atoms with Crippen molar-refractivity contribution in [1.82, 2.24) is 5.43 Å². The van der Waals surface area contributed by atoms with Crippen LogP contribution in [0.5, 0.6) is 11.5 Å². The highest BCUT2D eigenvalue weighted by Gasteiger charge is 2.11. The van der Waals surface area contributed by atoms with Crippen LogP contribution in [0.15, 0.2) is 108 Å². The quantitative estimate of drug-likeness (QED) is 0.247. The number of phenolic OH excluding ortho intramolecular Hbond substituents is 1. The van der Waals surface area contributed by atoms with Gasteiger partial charge in [0, 0.05) is 0 Å². The van der Waals surface area contributed by atoms with Gasteiger partial charge < -0.3 is 9.84 Å². The number of ether oxygens (including phenoxy) is 1. The van der Waals surface area contributed by atoms with Crippen molar-refractivity contribution in [3.8, 4) is 11.5 Å². The Morgan fingerprint density at radius 2 is 1.50 bits per heavy atom. The fourth-order valence-electron chi connectivity index (χ4n) is 3.87. The highest BCUT2D eigenvalue weighted by atomic mass is 16.5. The number of hydrogen-bond donors (Lipinski definition) is 2. The van der Waals surface area contributed by atoms with Crippen molar-refractivity contribution in [3.63, 3.8) is 0 Å². The third-order valence-corrected chi connectivity index (χ3v) is 5.64. The van der Waals surface area contributed by atoms with Gasteiger partial charge in [-0.25, -0.2) is 5.43 Å². The monoisotopic (exact) mass is 446 g/mol. The Hall–Kier alpha value is -4.64. The lowest BCUT2D eigenvalue weighted by molar-refractivity contribution is 0.0952. The van der Waals surface area contributed by atoms with E-state index in [4.69, 9.17) is 4.74 Å². The lowest BCUT2D eigenvalue weighted by Crippen LogP contribution is -2.17. The average molecular weight is 447 g/mol. The zero-order valence-corrected chi connectivity index (χ0v) is 18.3. The molecule has 5 heteroatoms. The smallest absolute Gasteiger partial charge is 0.275 e. The minimum absolute atomic E-state index is 0.0842. The number of hydrogen-bond acceptors (Lipinski definition) is 4. The normalized spacial score (nSPS) is 11.2. The van der Waals surface area contributed by atoms with Crippen LogP contribution in [0.4, 0.5) is 0 Å². The van der Waals surface area contributed by atoms with Crippen LogP contribution >= 0.6 is 0 Å². The second kappa shape index (κ2) is 9.46. The van der Waals surface area contributed by atoms with Gasteiger partial charge in [-0.05, 0) is 69.1 Å². The second-order valence-corrected chi connectivity index (χ2v) is 7.91. The average Bonchev–Trinajstić information content (AvgIpc) is 2.87. The Kier molecular flexibility index (Phi) is 5.91. The van der Waals surface area contributed by atoms with Gasteiger partial charge in [0.15, 0.2) is 0 Å². The van der Waals surface area contributed by atoms with Crippen molar-refractivity contribution >= 4 is 33.7 Å². The van der Waals surface area contributed by atoms with E-state index in [2.05, 4.69) is 34.8 Å². The maximum Gasteiger partial charge on any atom is 0.275 e. The Morgan fingerprint density at radius 1 is 0.824 bits per heavy atom. The molecule has 0 radical (unpaired) electrons. The van der Waals surface area contributed by atoms with Crippen LogP contribution in [-0.4, -0.2) is 17.2 Å². The van der Waals surface area contributed by atoms with Crippen LogP contribution in [0.2, 0.25) is 0 Å². The Bertz CT molecular complexity index is 1500. The highest BCUT2D eigenvalue weighted by Crippen LogP contribution is 2.25. The summed E-state index contributed by atoms with van der Waals surface area (Å²) in [5.41, 5.74) is 4.58. The van der Waals surface area contributed by atoms with E-state index < -0.39 is 5.91 Å². The van der Waals surface area contributed by atoms with Crippen LogP contribution in [0.3, 0.4) is 0 Å². The van der Waals surface area contributed by atoms with Crippen LogP contribution < -0.4 is 10.2 Å². The van der Waals surface area contributed by atoms with E-state index in [1.807, 2.05) is 66.7 Å². The molecule has 0 saturated carbocycles. The maximum absolute atomic E-state index is 12.5. The third kappa shape index (κ3) is 4.59. The number of amides is 1. The Morgan fingerprint density at radius 3 is 2.29 bits per heavy atom. The lowest BCUT2D eigenvalue weighted by Gasteiger charge is -2.09. The van der Waals surface area contributed by atoms with E-state index >= 15 is 0 Å². The summed E-state index contributed by atoms with van der Waals surface area (Å²) in [5.74, 6) is 0.184. The van der Waals surface area contributed by atoms with E-state index in [1.54, 1.807) is 18.3 Å². The van der Waals surface area contributed by atoms with Crippen molar-refractivity contribution in [2.24, 2.45) is 5.10 Å². The fraction of sp³-hybridized carbons (Fsp3) is 0.0345. The standard InChI is InChI=1S/C29H22N2O3/c32-28-17-23-8-2-1-7-22(23)16-27(28)29(33)31-30-18-20-12-14-25(15-13-20)34-19-24-10-5-9-21-6-3-4-11-26(21)24/h1-18,32H,19H2,(H,31,33). The summed E-state index contributed by atoms with van der Waals surface area (Å²) in [5, 5.41) is 18.3. The van der Waals surface area contributed by atoms with Gasteiger partial charge in [-0.15, -0.1) is 0 Å². The molecule has 0 unspecified atom stereocenters. The first-order chi connectivity index (χ1) is 16.7. The molecule has 0 spiro atoms. The van der Waals surface area contributed by atoms with Crippen molar-refractivity contribution < 1.29 is 14.6 Å². The van der Waals surface area contributed by atoms with E-state index in [9.17, 15) is 9.90 Å². The third-order valence-electron chi connectivity index (χ3n) is 5.64. The minimum Gasteiger partial charge on any atom is -0.507 e. The molecule has 0 aromatic heterocycles. The zero-order valence-electron chi connectivity index (χ0n) is 18.3. The molecule has 2 N–H and O–H groups in total. The van der Waals surface area contributed by atoms with Crippen molar-refractivity contribution in [2.45, 2.75) is 6.61 Å². The van der Waals surface area contributed by atoms with Gasteiger partial charge in [0.05, 0.1) is 11.8 Å². The molecule has 5 nitrogen and oxygen atoms in total. The molecular formula is C29H22N2O3. The van der Waals surface area contributed by atoms with Crippen molar-refractivity contribution in [2.75, 3.05) is 0 Å². The highest BCUT2D eigenvalue weighted by molar-refractivity contribution is 6.01. The molecule has 5 rings (SSSR count). The number of carbonyl (C=O) groups is 1. The molecule has 5 aromatic carbocycles. The number of phenols is 1. The van der Waals surface area contributed by atoms with Gasteiger partial charge in [-0.1, -0.05) is 66.7 Å². The minimum atomic E-state index is -0.477. The summed E-state index contributed by atoms with van der Waals surface area (Å²) in [7, 11) is 0. The molecule has 0 aliphatic rings. The largest absolute Gasteiger partial charge is 0.507 e. The number of carbonyl (C=O) groups excluding carboxylic acids is 1. The molecule has 0 saturated heterocycles. The van der Waals surface area contributed by atoms with Gasteiger partial charge in [0.2, 0.25) is 0 Å². The molecule has 0 fully saturated rings. The van der Waals surface area contributed by atoms with E-state index in [1.165, 1.54) is 10.8 Å². The summed E-state index contributed by atoms with van der Waals surface area (Å²) in [4.78, 5) is 12.5. The van der Waals surface area contributed by atoms with Crippen LogP contribution in [0.25, 0.3) is 21.5 Å². The van der Waals surface area contributed by atoms with Gasteiger partial charge in [-0.2, -0.15) is 5.10 Å². The number of nitrogens with zero attached hydrogens (tertiary/aromatic N) is 1. The van der Waals surface area contributed by atoms with Crippen LogP contribution in [-0.2, 0) is 6.61 Å². The topological polar surface area (TPSA) is 70.9 Å². The summed E-state index contributed by atoms with van der Waals surface area (Å²) < 4.78 is 5.96. The zero-order chi connectivity index (χ0) is 23.3. The lowest BCUT2D eigenvalue weighted by atomic mass is 10.1. The molecule has 0 heterocycles. The fourth-order valence-corrected chi connectivity index (χ4v) is 3.87. The molecule has 34 heavy (non-hydrogen) atoms. The van der Waals surface area contributed by atoms with Crippen molar-refractivity contribution in [1.29, 1.82) is 0 Å². The SMILES string of the molecule is O=C(NN=Cc1ccc(OCc2cccc3ccccc23)cc1)c1cc2ccccc2cc1O. The van der Waals surface area contributed by atoms with E-state index in [0.29, 0.717) is 6.61 Å². The molecule has 1 amide bonds. The predicted molar refractivity (Wildman–Crippen MR) is 135 cm³/mol. The van der Waals surface area contributed by atoms with E-state index in [-0.39, 0.29) is 11.3 Å². The second-order valence-electron chi connectivity index (χ2n) is 7.91. The number of nitrogens with one attached hydrogen (secondary N) is 1. The van der Waals surface area contributed by atoms with Gasteiger partial charge in [0.25, 0.3) is 5.91 Å². The molecule has 5 aromatic rings. The molecular weight excluding hydrogens is 424 g/mol. The molecule has 0 aliphatic carbocycles. The number of aromatic hydroxyl groups is 1. The number of fused-ring (bicyclic) bond motifs is 2. The Labute approximate surface area is 196 Å².